The van der Waals surface area contributed by atoms with Crippen LogP contribution in [0, 0.1) is 0 Å². The lowest BCUT2D eigenvalue weighted by Crippen LogP contribution is -2.25. The summed E-state index contributed by atoms with van der Waals surface area (Å²) in [7, 11) is 1.94. The first-order valence-electron chi connectivity index (χ1n) is 7.30. The Morgan fingerprint density at radius 1 is 1.41 bits per heavy atom. The first kappa shape index (κ1) is 16.8. The second kappa shape index (κ2) is 7.10. The number of rotatable bonds is 4. The number of benzene rings is 1. The molecule has 0 fully saturated rings. The molecule has 0 saturated heterocycles. The summed E-state index contributed by atoms with van der Waals surface area (Å²) in [4.78, 5) is 2.03. The number of halogens is 3. The molecule has 1 aliphatic rings. The van der Waals surface area contributed by atoms with Crippen LogP contribution in [0.25, 0.3) is 5.57 Å². The smallest absolute Gasteiger partial charge is 0.264 e. The Kier molecular flexibility index (Phi) is 5.41. The molecule has 118 valence electrons. The Balaban J connectivity index is 2.63. The van der Waals surface area contributed by atoms with E-state index in [-0.39, 0.29) is 5.56 Å². The highest BCUT2D eigenvalue weighted by atomic mass is 35.5. The van der Waals surface area contributed by atoms with E-state index in [4.69, 9.17) is 11.6 Å². The Bertz CT molecular complexity index is 632. The van der Waals surface area contributed by atoms with Gasteiger partial charge in [0.2, 0.25) is 0 Å². The molecule has 0 N–H and O–H groups in total. The predicted octanol–water partition coefficient (Wildman–Crippen LogP) is 5.72. The zero-order valence-corrected chi connectivity index (χ0v) is 13.6. The van der Waals surface area contributed by atoms with Crippen LogP contribution in [0.3, 0.4) is 0 Å². The van der Waals surface area contributed by atoms with Crippen molar-refractivity contribution in [3.63, 3.8) is 0 Å². The van der Waals surface area contributed by atoms with Crippen LogP contribution in [-0.2, 0) is 6.42 Å². The average Bonchev–Trinajstić information content (AvgIpc) is 2.51. The number of aryl methyl sites for hydroxylation is 1. The molecular weight excluding hydrogens is 304 g/mol. The van der Waals surface area contributed by atoms with Crippen molar-refractivity contribution in [1.82, 2.24) is 0 Å². The van der Waals surface area contributed by atoms with Crippen molar-refractivity contribution < 1.29 is 8.78 Å². The van der Waals surface area contributed by atoms with Gasteiger partial charge >= 0.3 is 0 Å². The summed E-state index contributed by atoms with van der Waals surface area (Å²) in [6.45, 7) is 6.44. The summed E-state index contributed by atoms with van der Waals surface area (Å²) >= 11 is 6.03. The molecule has 22 heavy (non-hydrogen) atoms. The number of fused-ring (bicyclic) bond motifs is 1. The van der Waals surface area contributed by atoms with Gasteiger partial charge in [-0.25, -0.2) is 8.78 Å². The van der Waals surface area contributed by atoms with Crippen LogP contribution in [0.5, 0.6) is 0 Å². The molecule has 1 aliphatic heterocycles. The lowest BCUT2D eigenvalue weighted by atomic mass is 9.92. The van der Waals surface area contributed by atoms with E-state index in [1.807, 2.05) is 18.0 Å². The van der Waals surface area contributed by atoms with Crippen LogP contribution in [0.2, 0.25) is 0 Å². The third-order valence-corrected chi connectivity index (χ3v) is 4.26. The number of hydrogen-bond acceptors (Lipinski definition) is 1. The first-order valence-corrected chi connectivity index (χ1v) is 7.68. The SMILES string of the molecule is C=C/C(=C\C(Cl)=C/C)c1cc2c(cc1C(F)F)N(C)CCC2. The summed E-state index contributed by atoms with van der Waals surface area (Å²) < 4.78 is 27.0. The first-order chi connectivity index (χ1) is 10.5. The van der Waals surface area contributed by atoms with Gasteiger partial charge in [-0.15, -0.1) is 0 Å². The van der Waals surface area contributed by atoms with Gasteiger partial charge in [-0.05, 0) is 54.7 Å². The van der Waals surface area contributed by atoms with Crippen LogP contribution in [-0.4, -0.2) is 13.6 Å². The average molecular weight is 324 g/mol. The minimum atomic E-state index is -2.54. The quantitative estimate of drug-likeness (QED) is 0.641. The molecule has 0 aromatic heterocycles. The molecule has 1 aromatic rings. The van der Waals surface area contributed by atoms with Crippen LogP contribution >= 0.6 is 11.6 Å². The summed E-state index contributed by atoms with van der Waals surface area (Å²) in [5, 5.41) is 0.505. The van der Waals surface area contributed by atoms with E-state index in [9.17, 15) is 8.78 Å². The van der Waals surface area contributed by atoms with Gasteiger partial charge in [0, 0.05) is 29.9 Å². The minimum absolute atomic E-state index is 0.0271. The zero-order chi connectivity index (χ0) is 16.3. The van der Waals surface area contributed by atoms with Gasteiger partial charge in [-0.1, -0.05) is 30.3 Å². The molecule has 0 saturated carbocycles. The van der Waals surface area contributed by atoms with Crippen molar-refractivity contribution in [2.75, 3.05) is 18.5 Å². The van der Waals surface area contributed by atoms with Gasteiger partial charge in [0.1, 0.15) is 0 Å². The Labute approximate surface area is 135 Å². The second-order valence-corrected chi connectivity index (χ2v) is 5.81. The van der Waals surface area contributed by atoms with Crippen LogP contribution < -0.4 is 4.90 Å². The number of nitrogens with zero attached hydrogens (tertiary/aromatic N) is 1. The topological polar surface area (TPSA) is 3.24 Å². The Morgan fingerprint density at radius 3 is 2.73 bits per heavy atom. The van der Waals surface area contributed by atoms with Gasteiger partial charge in [-0.3, -0.25) is 0 Å². The molecule has 0 radical (unpaired) electrons. The molecule has 0 atom stereocenters. The van der Waals surface area contributed by atoms with E-state index in [2.05, 4.69) is 6.58 Å². The maximum absolute atomic E-state index is 13.5. The molecule has 1 aromatic carbocycles. The summed E-state index contributed by atoms with van der Waals surface area (Å²) in [6, 6.07) is 3.47. The lowest BCUT2D eigenvalue weighted by Gasteiger charge is -2.29. The zero-order valence-electron chi connectivity index (χ0n) is 12.9. The van der Waals surface area contributed by atoms with Gasteiger partial charge < -0.3 is 4.90 Å². The molecule has 1 heterocycles. The van der Waals surface area contributed by atoms with Crippen LogP contribution in [0.15, 0.2) is 42.0 Å². The Hall–Kier alpha value is -1.61. The third-order valence-electron chi connectivity index (χ3n) is 3.94. The summed E-state index contributed by atoms with van der Waals surface area (Å²) in [6.07, 6.45) is 4.36. The van der Waals surface area contributed by atoms with E-state index >= 15 is 0 Å². The fourth-order valence-electron chi connectivity index (χ4n) is 2.74. The standard InChI is InChI=1S/C18H20ClF2N/c1-4-12(9-14(19)5-2)15-10-13-7-6-8-22(3)17(13)11-16(15)18(20)21/h4-5,9-11,18H,1,6-8H2,2-3H3/b12-9+,14-5+. The van der Waals surface area contributed by atoms with E-state index in [1.165, 1.54) is 0 Å². The molecule has 0 aliphatic carbocycles. The molecule has 2 rings (SSSR count). The third kappa shape index (κ3) is 3.41. The number of alkyl halides is 2. The van der Waals surface area contributed by atoms with Gasteiger partial charge in [0.15, 0.2) is 0 Å². The highest BCUT2D eigenvalue weighted by Crippen LogP contribution is 2.37. The number of anilines is 1. The molecule has 1 nitrogen and oxygen atoms in total. The summed E-state index contributed by atoms with van der Waals surface area (Å²) in [5.41, 5.74) is 3.15. The minimum Gasteiger partial charge on any atom is -0.374 e. The van der Waals surface area contributed by atoms with E-state index in [0.717, 1.165) is 30.6 Å². The monoisotopic (exact) mass is 323 g/mol. The molecule has 4 heteroatoms. The molecule has 0 bridgehead atoms. The van der Waals surface area contributed by atoms with Crippen molar-refractivity contribution in [2.24, 2.45) is 0 Å². The molecular formula is C18H20ClF2N. The normalized spacial score (nSPS) is 16.0. The largest absolute Gasteiger partial charge is 0.374 e. The van der Waals surface area contributed by atoms with Crippen LogP contribution in [0.4, 0.5) is 14.5 Å². The van der Waals surface area contributed by atoms with Crippen molar-refractivity contribution >= 4 is 22.9 Å². The summed E-state index contributed by atoms with van der Waals surface area (Å²) in [5.74, 6) is 0. The van der Waals surface area contributed by atoms with Crippen molar-refractivity contribution in [1.29, 1.82) is 0 Å². The highest BCUT2D eigenvalue weighted by molar-refractivity contribution is 6.31. The van der Waals surface area contributed by atoms with Crippen molar-refractivity contribution in [2.45, 2.75) is 26.2 Å². The maximum Gasteiger partial charge on any atom is 0.264 e. The number of allylic oxidation sites excluding steroid dienone is 5. The van der Waals surface area contributed by atoms with E-state index in [0.29, 0.717) is 16.2 Å². The molecule has 0 amide bonds. The lowest BCUT2D eigenvalue weighted by molar-refractivity contribution is 0.151. The van der Waals surface area contributed by atoms with Gasteiger partial charge in [-0.2, -0.15) is 0 Å². The fraction of sp³-hybridized carbons (Fsp3) is 0.333. The molecule has 0 spiro atoms. The molecule has 0 unspecified atom stereocenters. The van der Waals surface area contributed by atoms with E-state index in [1.54, 1.807) is 31.2 Å². The highest BCUT2D eigenvalue weighted by Gasteiger charge is 2.22. The van der Waals surface area contributed by atoms with Crippen LogP contribution in [0.1, 0.15) is 36.5 Å². The van der Waals surface area contributed by atoms with Crippen molar-refractivity contribution in [3.05, 3.63) is 58.7 Å². The van der Waals surface area contributed by atoms with Crippen molar-refractivity contribution in [3.8, 4) is 0 Å². The fourth-order valence-corrected chi connectivity index (χ4v) is 2.86. The maximum atomic E-state index is 13.5. The Morgan fingerprint density at radius 2 is 2.14 bits per heavy atom. The van der Waals surface area contributed by atoms with E-state index < -0.39 is 6.43 Å². The van der Waals surface area contributed by atoms with Gasteiger partial charge in [0.25, 0.3) is 6.43 Å². The predicted molar refractivity (Wildman–Crippen MR) is 90.8 cm³/mol. The number of hydrogen-bond donors (Lipinski definition) is 0. The van der Waals surface area contributed by atoms with Gasteiger partial charge in [0.05, 0.1) is 0 Å². The second-order valence-electron chi connectivity index (χ2n) is 5.37.